The number of ether oxygens (including phenoxy) is 1. The predicted molar refractivity (Wildman–Crippen MR) is 54.4 cm³/mol. The molecule has 1 rings (SSSR count). The van der Waals surface area contributed by atoms with Gasteiger partial charge in [-0.2, -0.15) is 0 Å². The van der Waals surface area contributed by atoms with Crippen molar-refractivity contribution in [3.63, 3.8) is 0 Å². The molecule has 0 unspecified atom stereocenters. The second-order valence-electron chi connectivity index (χ2n) is 3.71. The van der Waals surface area contributed by atoms with Gasteiger partial charge in [-0.25, -0.2) is 8.78 Å². The molecule has 0 saturated carbocycles. The first-order valence-corrected chi connectivity index (χ1v) is 4.42. The highest BCUT2D eigenvalue weighted by Gasteiger charge is 2.23. The molecular formula is C11H13F2NO. The summed E-state index contributed by atoms with van der Waals surface area (Å²) in [5.41, 5.74) is 4.86. The Bertz CT molecular complexity index is 388. The summed E-state index contributed by atoms with van der Waals surface area (Å²) in [6.07, 6.45) is 0. The van der Waals surface area contributed by atoms with E-state index in [4.69, 9.17) is 10.5 Å². The van der Waals surface area contributed by atoms with E-state index in [1.807, 2.05) is 0 Å². The van der Waals surface area contributed by atoms with Crippen LogP contribution in [0.5, 0.6) is 5.75 Å². The van der Waals surface area contributed by atoms with Gasteiger partial charge in [-0.3, -0.25) is 0 Å². The van der Waals surface area contributed by atoms with E-state index in [0.717, 1.165) is 12.1 Å². The molecule has 0 aliphatic rings. The first-order chi connectivity index (χ1) is 6.83. The monoisotopic (exact) mass is 213 g/mol. The molecule has 1 aromatic rings. The van der Waals surface area contributed by atoms with Gasteiger partial charge >= 0.3 is 0 Å². The number of benzene rings is 1. The summed E-state index contributed by atoms with van der Waals surface area (Å²) in [4.78, 5) is 0. The lowest BCUT2D eigenvalue weighted by Gasteiger charge is -2.26. The molecule has 0 heterocycles. The summed E-state index contributed by atoms with van der Waals surface area (Å²) >= 11 is 0. The van der Waals surface area contributed by atoms with Crippen LogP contribution in [-0.4, -0.2) is 5.60 Å². The van der Waals surface area contributed by atoms with Crippen molar-refractivity contribution in [2.24, 2.45) is 5.73 Å². The van der Waals surface area contributed by atoms with Gasteiger partial charge in [0.25, 0.3) is 0 Å². The summed E-state index contributed by atoms with van der Waals surface area (Å²) in [7, 11) is 0. The Morgan fingerprint density at radius 1 is 1.40 bits per heavy atom. The molecule has 2 N–H and O–H groups in total. The van der Waals surface area contributed by atoms with Crippen molar-refractivity contribution in [2.75, 3.05) is 0 Å². The van der Waals surface area contributed by atoms with Crippen molar-refractivity contribution >= 4 is 0 Å². The number of hydrogen-bond acceptors (Lipinski definition) is 2. The normalized spacial score (nSPS) is 11.2. The molecule has 4 heteroatoms. The van der Waals surface area contributed by atoms with Gasteiger partial charge in [0.05, 0.1) is 0 Å². The molecule has 0 fully saturated rings. The average molecular weight is 213 g/mol. The average Bonchev–Trinajstić information content (AvgIpc) is 2.09. The summed E-state index contributed by atoms with van der Waals surface area (Å²) in [6, 6.07) is 3.09. The largest absolute Gasteiger partial charge is 0.479 e. The number of nitrogens with two attached hydrogens (primary N) is 1. The SMILES string of the molecule is C=C(N)C(C)(C)Oc1ccc(F)cc1F. The molecule has 0 aliphatic carbocycles. The van der Waals surface area contributed by atoms with Crippen molar-refractivity contribution in [1.82, 2.24) is 0 Å². The number of hydrogen-bond donors (Lipinski definition) is 1. The van der Waals surface area contributed by atoms with Crippen LogP contribution in [0, 0.1) is 11.6 Å². The fraction of sp³-hybridized carbons (Fsp3) is 0.273. The summed E-state index contributed by atoms with van der Waals surface area (Å²) in [6.45, 7) is 6.83. The van der Waals surface area contributed by atoms with Crippen molar-refractivity contribution in [1.29, 1.82) is 0 Å². The molecule has 0 spiro atoms. The van der Waals surface area contributed by atoms with Gasteiger partial charge in [-0.15, -0.1) is 0 Å². The van der Waals surface area contributed by atoms with Crippen molar-refractivity contribution < 1.29 is 13.5 Å². The molecule has 15 heavy (non-hydrogen) atoms. The maximum Gasteiger partial charge on any atom is 0.168 e. The maximum atomic E-state index is 13.2. The molecule has 2 nitrogen and oxygen atoms in total. The zero-order valence-corrected chi connectivity index (χ0v) is 8.68. The van der Waals surface area contributed by atoms with Gasteiger partial charge in [0.1, 0.15) is 11.4 Å². The van der Waals surface area contributed by atoms with Crippen molar-refractivity contribution in [2.45, 2.75) is 19.4 Å². The number of halogens is 2. The van der Waals surface area contributed by atoms with Gasteiger partial charge in [0.15, 0.2) is 11.6 Å². The zero-order chi connectivity index (χ0) is 11.6. The number of rotatable bonds is 3. The van der Waals surface area contributed by atoms with Crippen LogP contribution in [0.25, 0.3) is 0 Å². The Kier molecular flexibility index (Phi) is 2.98. The Hall–Kier alpha value is -1.58. The van der Waals surface area contributed by atoms with Crippen LogP contribution in [0.15, 0.2) is 30.5 Å². The van der Waals surface area contributed by atoms with E-state index in [0.29, 0.717) is 0 Å². The fourth-order valence-corrected chi connectivity index (χ4v) is 0.898. The molecule has 0 bridgehead atoms. The van der Waals surface area contributed by atoms with E-state index in [2.05, 4.69) is 6.58 Å². The van der Waals surface area contributed by atoms with E-state index in [-0.39, 0.29) is 11.4 Å². The molecule has 0 aromatic heterocycles. The van der Waals surface area contributed by atoms with Crippen LogP contribution in [0.3, 0.4) is 0 Å². The minimum Gasteiger partial charge on any atom is -0.479 e. The van der Waals surface area contributed by atoms with Gasteiger partial charge in [-0.1, -0.05) is 6.58 Å². The third-order valence-electron chi connectivity index (χ3n) is 2.03. The van der Waals surface area contributed by atoms with E-state index in [1.165, 1.54) is 6.07 Å². The quantitative estimate of drug-likeness (QED) is 0.837. The van der Waals surface area contributed by atoms with Crippen LogP contribution in [-0.2, 0) is 0 Å². The van der Waals surface area contributed by atoms with E-state index in [9.17, 15) is 8.78 Å². The van der Waals surface area contributed by atoms with Crippen LogP contribution in [0.1, 0.15) is 13.8 Å². The molecule has 0 radical (unpaired) electrons. The Morgan fingerprint density at radius 3 is 2.47 bits per heavy atom. The lowest BCUT2D eigenvalue weighted by Crippen LogP contribution is -2.34. The van der Waals surface area contributed by atoms with E-state index >= 15 is 0 Å². The van der Waals surface area contributed by atoms with Crippen molar-refractivity contribution in [3.05, 3.63) is 42.1 Å². The van der Waals surface area contributed by atoms with E-state index < -0.39 is 17.2 Å². The standard InChI is InChI=1S/C11H13F2NO/c1-7(14)11(2,3)15-10-5-4-8(12)6-9(10)13/h4-6H,1,14H2,2-3H3. The zero-order valence-electron chi connectivity index (χ0n) is 8.68. The minimum atomic E-state index is -0.890. The summed E-state index contributed by atoms with van der Waals surface area (Å²) in [5.74, 6) is -1.46. The molecule has 0 atom stereocenters. The van der Waals surface area contributed by atoms with Gasteiger partial charge in [0, 0.05) is 11.8 Å². The van der Waals surface area contributed by atoms with Crippen LogP contribution in [0.4, 0.5) is 8.78 Å². The smallest absolute Gasteiger partial charge is 0.168 e. The highest BCUT2D eigenvalue weighted by atomic mass is 19.1. The highest BCUT2D eigenvalue weighted by Crippen LogP contribution is 2.24. The maximum absolute atomic E-state index is 13.2. The topological polar surface area (TPSA) is 35.2 Å². The molecule has 0 saturated heterocycles. The molecule has 0 amide bonds. The highest BCUT2D eigenvalue weighted by molar-refractivity contribution is 5.26. The third kappa shape index (κ3) is 2.68. The predicted octanol–water partition coefficient (Wildman–Crippen LogP) is 2.59. The van der Waals surface area contributed by atoms with Gasteiger partial charge in [0.2, 0.25) is 0 Å². The van der Waals surface area contributed by atoms with Crippen LogP contribution < -0.4 is 10.5 Å². The lowest BCUT2D eigenvalue weighted by atomic mass is 10.1. The summed E-state index contributed by atoms with van der Waals surface area (Å²) < 4.78 is 31.1. The second-order valence-corrected chi connectivity index (χ2v) is 3.71. The van der Waals surface area contributed by atoms with E-state index in [1.54, 1.807) is 13.8 Å². The Balaban J connectivity index is 2.95. The fourth-order valence-electron chi connectivity index (χ4n) is 0.898. The van der Waals surface area contributed by atoms with Gasteiger partial charge < -0.3 is 10.5 Å². The van der Waals surface area contributed by atoms with Gasteiger partial charge in [-0.05, 0) is 26.0 Å². The molecule has 1 aromatic carbocycles. The first-order valence-electron chi connectivity index (χ1n) is 4.42. The Labute approximate surface area is 87.4 Å². The first kappa shape index (κ1) is 11.5. The van der Waals surface area contributed by atoms with Crippen LogP contribution in [0.2, 0.25) is 0 Å². The second kappa shape index (κ2) is 3.88. The van der Waals surface area contributed by atoms with Crippen LogP contribution >= 0.6 is 0 Å². The molecule has 82 valence electrons. The Morgan fingerprint density at radius 2 is 2.00 bits per heavy atom. The summed E-state index contributed by atoms with van der Waals surface area (Å²) in [5, 5.41) is 0. The minimum absolute atomic E-state index is 0.0481. The third-order valence-corrected chi connectivity index (χ3v) is 2.03. The molecular weight excluding hydrogens is 200 g/mol. The van der Waals surface area contributed by atoms with Crippen molar-refractivity contribution in [3.8, 4) is 5.75 Å². The molecule has 0 aliphatic heterocycles. The lowest BCUT2D eigenvalue weighted by molar-refractivity contribution is 0.140.